The fourth-order valence-electron chi connectivity index (χ4n) is 2.82. The molecule has 1 fully saturated rings. The number of anilines is 1. The first kappa shape index (κ1) is 18.5. The molecule has 0 spiro atoms. The van der Waals surface area contributed by atoms with Crippen LogP contribution >= 0.6 is 0 Å². The molecule has 142 valence electrons. The minimum Gasteiger partial charge on any atom is -0.394 e. The number of methoxy groups -OCH3 is 1. The number of hydrogen-bond donors (Lipinski definition) is 4. The molecule has 3 heterocycles. The van der Waals surface area contributed by atoms with Crippen molar-refractivity contribution in [3.63, 3.8) is 0 Å². The van der Waals surface area contributed by atoms with Gasteiger partial charge in [0.15, 0.2) is 17.4 Å². The van der Waals surface area contributed by atoms with Gasteiger partial charge < -0.3 is 19.7 Å². The quantitative estimate of drug-likeness (QED) is 0.524. The van der Waals surface area contributed by atoms with Crippen LogP contribution in [0, 0.1) is 5.92 Å². The van der Waals surface area contributed by atoms with Crippen LogP contribution < -0.4 is 10.9 Å². The second-order valence-corrected chi connectivity index (χ2v) is 6.32. The predicted octanol–water partition coefficient (Wildman–Crippen LogP) is -1.02. The van der Waals surface area contributed by atoms with E-state index in [-0.39, 0.29) is 35.5 Å². The van der Waals surface area contributed by atoms with E-state index >= 15 is 0 Å². The first-order chi connectivity index (χ1) is 12.4. The summed E-state index contributed by atoms with van der Waals surface area (Å²) < 4.78 is 12.2. The van der Waals surface area contributed by atoms with Crippen molar-refractivity contribution in [3.8, 4) is 0 Å². The van der Waals surface area contributed by atoms with Gasteiger partial charge in [0, 0.05) is 13.0 Å². The van der Waals surface area contributed by atoms with E-state index in [0.717, 1.165) is 0 Å². The highest BCUT2D eigenvalue weighted by Gasteiger charge is 2.45. The van der Waals surface area contributed by atoms with Crippen LogP contribution in [-0.2, 0) is 14.3 Å². The van der Waals surface area contributed by atoms with E-state index in [9.17, 15) is 19.8 Å². The third kappa shape index (κ3) is 3.09. The van der Waals surface area contributed by atoms with E-state index in [2.05, 4.69) is 20.3 Å². The van der Waals surface area contributed by atoms with Crippen molar-refractivity contribution in [1.29, 1.82) is 0 Å². The molecule has 11 nitrogen and oxygen atoms in total. The smallest absolute Gasteiger partial charge is 0.280 e. The molecular formula is C15H21N5O6. The van der Waals surface area contributed by atoms with Crippen molar-refractivity contribution in [2.24, 2.45) is 5.92 Å². The Bertz CT molecular complexity index is 862. The van der Waals surface area contributed by atoms with Gasteiger partial charge >= 0.3 is 0 Å². The lowest BCUT2D eigenvalue weighted by Crippen LogP contribution is -2.35. The van der Waals surface area contributed by atoms with Crippen molar-refractivity contribution < 1.29 is 24.5 Å². The van der Waals surface area contributed by atoms with E-state index in [0.29, 0.717) is 0 Å². The zero-order valence-corrected chi connectivity index (χ0v) is 14.5. The van der Waals surface area contributed by atoms with Gasteiger partial charge in [0.25, 0.3) is 5.56 Å². The SMILES string of the molecule is COC1C(CO)OC(n2cnc3c(=O)[nH]c(NC(=O)C(C)C)nc32)[C@H]1O. The van der Waals surface area contributed by atoms with Gasteiger partial charge in [0.05, 0.1) is 12.9 Å². The van der Waals surface area contributed by atoms with Crippen molar-refractivity contribution in [2.75, 3.05) is 19.0 Å². The number of ether oxygens (including phenoxy) is 2. The Balaban J connectivity index is 2.01. The number of imidazole rings is 1. The van der Waals surface area contributed by atoms with Crippen molar-refractivity contribution in [3.05, 3.63) is 16.7 Å². The van der Waals surface area contributed by atoms with Crippen LogP contribution in [-0.4, -0.2) is 67.7 Å². The molecule has 3 unspecified atom stereocenters. The Morgan fingerprint density at radius 3 is 2.85 bits per heavy atom. The molecule has 1 amide bonds. The monoisotopic (exact) mass is 367 g/mol. The third-order valence-electron chi connectivity index (χ3n) is 4.23. The molecule has 0 aromatic carbocycles. The second-order valence-electron chi connectivity index (χ2n) is 6.32. The Hall–Kier alpha value is -2.34. The highest BCUT2D eigenvalue weighted by atomic mass is 16.6. The molecule has 1 aliphatic rings. The molecule has 11 heteroatoms. The number of carbonyl (C=O) groups excluding carboxylic acids is 1. The molecule has 1 aliphatic heterocycles. The van der Waals surface area contributed by atoms with Crippen LogP contribution in [0.5, 0.6) is 0 Å². The Morgan fingerprint density at radius 2 is 2.27 bits per heavy atom. The van der Waals surface area contributed by atoms with Gasteiger partial charge in [-0.25, -0.2) is 4.98 Å². The fraction of sp³-hybridized carbons (Fsp3) is 0.600. The normalized spacial score (nSPS) is 25.9. The fourth-order valence-corrected chi connectivity index (χ4v) is 2.82. The minimum absolute atomic E-state index is 0.0302. The van der Waals surface area contributed by atoms with Gasteiger partial charge in [-0.05, 0) is 0 Å². The van der Waals surface area contributed by atoms with Gasteiger partial charge in [0.1, 0.15) is 18.3 Å². The molecule has 3 rings (SSSR count). The van der Waals surface area contributed by atoms with Crippen LogP contribution in [0.25, 0.3) is 11.2 Å². The average molecular weight is 367 g/mol. The highest BCUT2D eigenvalue weighted by molar-refractivity contribution is 5.91. The van der Waals surface area contributed by atoms with E-state index in [4.69, 9.17) is 9.47 Å². The molecular weight excluding hydrogens is 346 g/mol. The Labute approximate surface area is 148 Å². The summed E-state index contributed by atoms with van der Waals surface area (Å²) in [6.45, 7) is 3.07. The summed E-state index contributed by atoms with van der Waals surface area (Å²) in [6.07, 6.45) is -2.24. The number of aliphatic hydroxyl groups excluding tert-OH is 2. The standard InChI is InChI=1S/C15H21N5O6/c1-6(2)12(23)18-15-17-11-8(13(24)19-15)16-5-20(11)14-9(22)10(25-3)7(4-21)26-14/h5-7,9-10,14,21-22H,4H2,1-3H3,(H2,17,18,19,23,24)/t7?,9-,10?,14?/m0/s1. The Kier molecular flexibility index (Phi) is 5.05. The summed E-state index contributed by atoms with van der Waals surface area (Å²) in [7, 11) is 1.40. The summed E-state index contributed by atoms with van der Waals surface area (Å²) in [4.78, 5) is 34.7. The molecule has 0 aliphatic carbocycles. The maximum absolute atomic E-state index is 12.2. The molecule has 1 saturated heterocycles. The molecule has 0 radical (unpaired) electrons. The Morgan fingerprint density at radius 1 is 1.54 bits per heavy atom. The number of aromatic nitrogens is 4. The number of aromatic amines is 1. The van der Waals surface area contributed by atoms with Crippen LogP contribution in [0.4, 0.5) is 5.95 Å². The minimum atomic E-state index is -1.11. The van der Waals surface area contributed by atoms with Crippen molar-refractivity contribution in [2.45, 2.75) is 38.4 Å². The molecule has 4 N–H and O–H groups in total. The molecule has 0 saturated carbocycles. The van der Waals surface area contributed by atoms with Crippen LogP contribution in [0.15, 0.2) is 11.1 Å². The third-order valence-corrected chi connectivity index (χ3v) is 4.23. The topological polar surface area (TPSA) is 152 Å². The molecule has 2 aromatic rings. The predicted molar refractivity (Wildman–Crippen MR) is 89.4 cm³/mol. The zero-order valence-electron chi connectivity index (χ0n) is 14.5. The lowest BCUT2D eigenvalue weighted by atomic mass is 10.1. The number of H-pyrrole nitrogens is 1. The van der Waals surface area contributed by atoms with E-state index in [1.54, 1.807) is 13.8 Å². The number of carbonyl (C=O) groups is 1. The maximum Gasteiger partial charge on any atom is 0.280 e. The van der Waals surface area contributed by atoms with Gasteiger partial charge in [-0.2, -0.15) is 4.98 Å². The first-order valence-electron chi connectivity index (χ1n) is 8.12. The summed E-state index contributed by atoms with van der Waals surface area (Å²) in [5.41, 5.74) is -0.377. The van der Waals surface area contributed by atoms with Gasteiger partial charge in [-0.15, -0.1) is 0 Å². The molecule has 2 aromatic heterocycles. The van der Waals surface area contributed by atoms with Crippen LogP contribution in [0.2, 0.25) is 0 Å². The molecule has 4 atom stereocenters. The summed E-state index contributed by atoms with van der Waals surface area (Å²) >= 11 is 0. The number of nitrogens with one attached hydrogen (secondary N) is 2. The number of amides is 1. The summed E-state index contributed by atoms with van der Waals surface area (Å²) in [5.74, 6) is -0.637. The van der Waals surface area contributed by atoms with Crippen molar-refractivity contribution >= 4 is 23.0 Å². The summed E-state index contributed by atoms with van der Waals surface area (Å²) in [5, 5.41) is 22.4. The van der Waals surface area contributed by atoms with E-state index in [1.807, 2.05) is 0 Å². The number of hydrogen-bond acceptors (Lipinski definition) is 8. The van der Waals surface area contributed by atoms with E-state index < -0.39 is 30.1 Å². The van der Waals surface area contributed by atoms with Gasteiger partial charge in [-0.1, -0.05) is 13.8 Å². The second kappa shape index (κ2) is 7.11. The van der Waals surface area contributed by atoms with Crippen LogP contribution in [0.3, 0.4) is 0 Å². The number of rotatable bonds is 5. The number of aliphatic hydroxyl groups is 2. The average Bonchev–Trinajstić information content (AvgIpc) is 3.15. The van der Waals surface area contributed by atoms with E-state index in [1.165, 1.54) is 18.0 Å². The largest absolute Gasteiger partial charge is 0.394 e. The molecule has 0 bridgehead atoms. The highest BCUT2D eigenvalue weighted by Crippen LogP contribution is 2.32. The first-order valence-corrected chi connectivity index (χ1v) is 8.12. The number of nitrogens with zero attached hydrogens (tertiary/aromatic N) is 3. The van der Waals surface area contributed by atoms with Gasteiger partial charge in [-0.3, -0.25) is 24.5 Å². The zero-order chi connectivity index (χ0) is 19.0. The molecule has 26 heavy (non-hydrogen) atoms. The van der Waals surface area contributed by atoms with Crippen molar-refractivity contribution in [1.82, 2.24) is 19.5 Å². The van der Waals surface area contributed by atoms with Crippen LogP contribution in [0.1, 0.15) is 20.1 Å². The summed E-state index contributed by atoms with van der Waals surface area (Å²) in [6, 6.07) is 0. The van der Waals surface area contributed by atoms with Gasteiger partial charge in [0.2, 0.25) is 11.9 Å². The lowest BCUT2D eigenvalue weighted by molar-refractivity contribution is -0.118. The lowest BCUT2D eigenvalue weighted by Gasteiger charge is -2.18. The maximum atomic E-state index is 12.2. The number of fused-ring (bicyclic) bond motifs is 1.